The zero-order chi connectivity index (χ0) is 41.2. The Morgan fingerprint density at radius 3 is 1.48 bits per heavy atom. The average molecular weight is 811 g/mol. The van der Waals surface area contributed by atoms with E-state index in [1.54, 1.807) is 0 Å². The third-order valence-electron chi connectivity index (χ3n) is 8.99. The molecule has 0 rings (SSSR count). The van der Waals surface area contributed by atoms with Crippen molar-refractivity contribution < 1.29 is 47.8 Å². The summed E-state index contributed by atoms with van der Waals surface area (Å²) < 4.78 is 32.7. The Kier molecular flexibility index (Phi) is 39.2. The predicted molar refractivity (Wildman–Crippen MR) is 228 cm³/mol. The number of rotatable bonds is 40. The lowest BCUT2D eigenvalue weighted by atomic mass is 10.1. The Hall–Kier alpha value is -2.33. The molecule has 10 nitrogen and oxygen atoms in total. The predicted octanol–water partition coefficient (Wildman–Crippen LogP) is 11.5. The van der Waals surface area contributed by atoms with Crippen LogP contribution in [0.1, 0.15) is 174 Å². The second kappa shape index (κ2) is 40.9. The molecule has 0 amide bonds. The van der Waals surface area contributed by atoms with Crippen LogP contribution in [0.2, 0.25) is 0 Å². The molecule has 0 spiro atoms. The van der Waals surface area contributed by atoms with Crippen molar-refractivity contribution in [1.82, 2.24) is 0 Å². The second-order valence-electron chi connectivity index (χ2n) is 14.4. The summed E-state index contributed by atoms with van der Waals surface area (Å²) in [6.07, 6.45) is 44.7. The normalized spacial score (nSPS) is 14.4. The molecule has 0 aliphatic rings. The van der Waals surface area contributed by atoms with E-state index in [1.807, 2.05) is 18.2 Å². The number of aliphatic hydroxyl groups is 2. The third-order valence-corrected chi connectivity index (χ3v) is 9.95. The van der Waals surface area contributed by atoms with E-state index in [2.05, 4.69) is 60.9 Å². The maximum atomic E-state index is 12.6. The molecule has 324 valence electrons. The van der Waals surface area contributed by atoms with Crippen LogP contribution >= 0.6 is 7.82 Å². The SMILES string of the molecule is CC/C=C/C=C/C=C/CCCCCCCC(=O)OC(COC(=O)CCCCCCCCCCCC/C=C/C=C/CCCCCC)COP(=O)(O)OC[C@H](O)CO. The smallest absolute Gasteiger partial charge is 0.462 e. The lowest BCUT2D eigenvalue weighted by Crippen LogP contribution is -2.29. The van der Waals surface area contributed by atoms with E-state index < -0.39 is 51.8 Å². The van der Waals surface area contributed by atoms with E-state index in [9.17, 15) is 24.2 Å². The standard InChI is InChI=1S/C45H79O10P/c1-3-5-7-9-11-13-15-17-18-19-20-21-22-23-25-26-28-30-32-34-36-44(48)52-40-43(41-54-56(50,51)53-39-42(47)38-46)55-45(49)37-35-33-31-29-27-24-16-14-12-10-8-6-4-2/h6,8,10,12-18,42-43,46-47H,3-5,7,9,11,19-41H2,1-2H3,(H,50,51)/b8-6+,12-10+,15-13+,16-14+,18-17+/t42-,43?/m1/s1. The highest BCUT2D eigenvalue weighted by Gasteiger charge is 2.27. The van der Waals surface area contributed by atoms with Crippen LogP contribution in [0, 0.1) is 0 Å². The number of esters is 2. The first-order chi connectivity index (χ1) is 27.2. The first-order valence-corrected chi connectivity index (χ1v) is 23.3. The number of unbranched alkanes of at least 4 members (excludes halogenated alkanes) is 19. The maximum absolute atomic E-state index is 12.6. The average Bonchev–Trinajstić information content (AvgIpc) is 3.19. The van der Waals surface area contributed by atoms with Gasteiger partial charge in [0.1, 0.15) is 12.7 Å². The van der Waals surface area contributed by atoms with Gasteiger partial charge in [0.2, 0.25) is 0 Å². The third kappa shape index (κ3) is 39.9. The molecule has 0 bridgehead atoms. The van der Waals surface area contributed by atoms with Gasteiger partial charge in [-0.15, -0.1) is 0 Å². The minimum absolute atomic E-state index is 0.158. The van der Waals surface area contributed by atoms with Gasteiger partial charge in [-0.05, 0) is 57.8 Å². The molecule has 0 heterocycles. The zero-order valence-electron chi connectivity index (χ0n) is 35.1. The summed E-state index contributed by atoms with van der Waals surface area (Å²) in [5.41, 5.74) is 0. The van der Waals surface area contributed by atoms with Gasteiger partial charge < -0.3 is 24.6 Å². The number of aliphatic hydroxyl groups excluding tert-OH is 2. The van der Waals surface area contributed by atoms with Crippen molar-refractivity contribution in [3.8, 4) is 0 Å². The molecule has 0 aromatic heterocycles. The van der Waals surface area contributed by atoms with Crippen molar-refractivity contribution in [1.29, 1.82) is 0 Å². The van der Waals surface area contributed by atoms with Gasteiger partial charge in [-0.1, -0.05) is 164 Å². The lowest BCUT2D eigenvalue weighted by Gasteiger charge is -2.20. The molecular weight excluding hydrogens is 731 g/mol. The van der Waals surface area contributed by atoms with Gasteiger partial charge in [0.05, 0.1) is 19.8 Å². The van der Waals surface area contributed by atoms with E-state index in [1.165, 1.54) is 70.6 Å². The van der Waals surface area contributed by atoms with Crippen molar-refractivity contribution in [2.75, 3.05) is 26.4 Å². The monoisotopic (exact) mass is 811 g/mol. The summed E-state index contributed by atoms with van der Waals surface area (Å²) in [5, 5.41) is 18.3. The summed E-state index contributed by atoms with van der Waals surface area (Å²) in [6, 6.07) is 0. The van der Waals surface area contributed by atoms with Crippen molar-refractivity contribution in [2.45, 2.75) is 187 Å². The summed E-state index contributed by atoms with van der Waals surface area (Å²) in [6.45, 7) is 2.19. The van der Waals surface area contributed by atoms with Crippen LogP contribution < -0.4 is 0 Å². The van der Waals surface area contributed by atoms with Gasteiger partial charge in [0.15, 0.2) is 6.10 Å². The summed E-state index contributed by atoms with van der Waals surface area (Å²) in [7, 11) is -4.62. The zero-order valence-corrected chi connectivity index (χ0v) is 36.0. The molecule has 0 aliphatic carbocycles. The number of hydrogen-bond donors (Lipinski definition) is 3. The van der Waals surface area contributed by atoms with Gasteiger partial charge >= 0.3 is 19.8 Å². The van der Waals surface area contributed by atoms with Gasteiger partial charge in [0.25, 0.3) is 0 Å². The van der Waals surface area contributed by atoms with Gasteiger partial charge in [-0.2, -0.15) is 0 Å². The number of phosphoric ester groups is 1. The Morgan fingerprint density at radius 2 is 0.982 bits per heavy atom. The number of phosphoric acid groups is 1. The Balaban J connectivity index is 4.27. The molecule has 0 fully saturated rings. The van der Waals surface area contributed by atoms with Crippen LogP contribution in [0.15, 0.2) is 60.8 Å². The van der Waals surface area contributed by atoms with E-state index in [0.29, 0.717) is 12.8 Å². The van der Waals surface area contributed by atoms with E-state index in [0.717, 1.165) is 64.2 Å². The molecular formula is C45H79O10P. The van der Waals surface area contributed by atoms with E-state index in [-0.39, 0.29) is 19.4 Å². The second-order valence-corrected chi connectivity index (χ2v) is 15.9. The summed E-state index contributed by atoms with van der Waals surface area (Å²) in [5.74, 6) is -0.956. The highest BCUT2D eigenvalue weighted by Crippen LogP contribution is 2.43. The molecule has 0 aromatic carbocycles. The van der Waals surface area contributed by atoms with Gasteiger partial charge in [-0.3, -0.25) is 18.6 Å². The maximum Gasteiger partial charge on any atom is 0.472 e. The largest absolute Gasteiger partial charge is 0.472 e. The molecule has 3 N–H and O–H groups in total. The fraction of sp³-hybridized carbons (Fsp3) is 0.733. The van der Waals surface area contributed by atoms with Crippen LogP contribution in [0.4, 0.5) is 0 Å². The van der Waals surface area contributed by atoms with Crippen LogP contribution in [0.5, 0.6) is 0 Å². The number of ether oxygens (including phenoxy) is 2. The summed E-state index contributed by atoms with van der Waals surface area (Å²) in [4.78, 5) is 35.0. The molecule has 3 atom stereocenters. The van der Waals surface area contributed by atoms with Crippen molar-refractivity contribution >= 4 is 19.8 Å². The van der Waals surface area contributed by atoms with Crippen LogP contribution in [-0.4, -0.2) is 65.7 Å². The Labute approximate surface area is 340 Å². The molecule has 11 heteroatoms. The molecule has 0 saturated heterocycles. The lowest BCUT2D eigenvalue weighted by molar-refractivity contribution is -0.161. The quantitative estimate of drug-likeness (QED) is 0.0236. The first kappa shape index (κ1) is 53.7. The Bertz CT molecular complexity index is 1120. The fourth-order valence-corrected chi connectivity index (χ4v) is 6.42. The van der Waals surface area contributed by atoms with Gasteiger partial charge in [0, 0.05) is 12.8 Å². The minimum atomic E-state index is -4.62. The fourth-order valence-electron chi connectivity index (χ4n) is 5.63. The number of hydrogen-bond acceptors (Lipinski definition) is 9. The topological polar surface area (TPSA) is 149 Å². The van der Waals surface area contributed by atoms with Crippen molar-refractivity contribution in [3.05, 3.63) is 60.8 Å². The number of allylic oxidation sites excluding steroid dienone is 10. The van der Waals surface area contributed by atoms with E-state index >= 15 is 0 Å². The Morgan fingerprint density at radius 1 is 0.554 bits per heavy atom. The molecule has 0 aromatic rings. The molecule has 0 radical (unpaired) electrons. The summed E-state index contributed by atoms with van der Waals surface area (Å²) >= 11 is 0. The van der Waals surface area contributed by atoms with Crippen molar-refractivity contribution in [2.24, 2.45) is 0 Å². The molecule has 2 unspecified atom stereocenters. The van der Waals surface area contributed by atoms with Crippen molar-refractivity contribution in [3.63, 3.8) is 0 Å². The van der Waals surface area contributed by atoms with Crippen LogP contribution in [0.3, 0.4) is 0 Å². The van der Waals surface area contributed by atoms with Crippen LogP contribution in [0.25, 0.3) is 0 Å². The molecule has 0 aliphatic heterocycles. The number of carbonyl (C=O) groups is 2. The first-order valence-electron chi connectivity index (χ1n) is 21.8. The van der Waals surface area contributed by atoms with E-state index in [4.69, 9.17) is 19.1 Å². The molecule has 0 saturated carbocycles. The van der Waals surface area contributed by atoms with Crippen LogP contribution in [-0.2, 0) is 32.7 Å². The van der Waals surface area contributed by atoms with Gasteiger partial charge in [-0.25, -0.2) is 4.57 Å². The molecule has 56 heavy (non-hydrogen) atoms. The highest BCUT2D eigenvalue weighted by molar-refractivity contribution is 7.47. The number of carbonyl (C=O) groups excluding carboxylic acids is 2. The highest BCUT2D eigenvalue weighted by atomic mass is 31.2. The minimum Gasteiger partial charge on any atom is -0.462 e.